The van der Waals surface area contributed by atoms with Gasteiger partial charge in [-0.1, -0.05) is 36.4 Å². The monoisotopic (exact) mass is 478 g/mol. The Bertz CT molecular complexity index is 915. The van der Waals surface area contributed by atoms with Gasteiger partial charge in [-0.15, -0.1) is 0 Å². The van der Waals surface area contributed by atoms with E-state index in [0.29, 0.717) is 33.2 Å². The van der Waals surface area contributed by atoms with Crippen molar-refractivity contribution in [2.75, 3.05) is 13.2 Å². The van der Waals surface area contributed by atoms with E-state index in [4.69, 9.17) is 21.1 Å². The van der Waals surface area contributed by atoms with Crippen LogP contribution in [-0.4, -0.2) is 36.3 Å². The average molecular weight is 480 g/mol. The number of ether oxygens (including phenoxy) is 2. The van der Waals surface area contributed by atoms with E-state index in [1.807, 2.05) is 6.92 Å². The second-order valence-corrected chi connectivity index (χ2v) is 8.36. The molecule has 1 heterocycles. The maximum atomic E-state index is 12.8. The van der Waals surface area contributed by atoms with Gasteiger partial charge in [0.25, 0.3) is 11.8 Å². The summed E-state index contributed by atoms with van der Waals surface area (Å²) in [7, 11) is 0. The van der Waals surface area contributed by atoms with Crippen molar-refractivity contribution in [1.82, 2.24) is 5.01 Å². The standard InChI is InChI=1S/C21H20BrClN2O4/c1-3-7-29-19-14(28-4-2)9-13(17(22)18(19)23)10-24-25-20(26)15-11-5-6-12(8-11)16(15)21(25)27/h3,5-6,9-12,15-16H,1,4,7-8H2,2H3/t11-,12-,15-,16+/m0/s1. The predicted octanol–water partition coefficient (Wildman–Crippen LogP) is 4.21. The molecule has 1 saturated heterocycles. The lowest BCUT2D eigenvalue weighted by Crippen LogP contribution is -2.28. The third-order valence-electron chi connectivity index (χ3n) is 5.56. The van der Waals surface area contributed by atoms with Gasteiger partial charge in [-0.3, -0.25) is 9.59 Å². The van der Waals surface area contributed by atoms with Gasteiger partial charge in [-0.2, -0.15) is 10.1 Å². The SMILES string of the molecule is C=CCOc1c(OCC)cc(C=NN2C(=O)[C@@H]3[C@H](C2=O)[C@H]2C=C[C@H]3C2)c(Br)c1Cl. The number of nitrogens with zero attached hydrogens (tertiary/aromatic N) is 2. The highest BCUT2D eigenvalue weighted by Crippen LogP contribution is 2.52. The quantitative estimate of drug-likeness (QED) is 0.334. The third-order valence-corrected chi connectivity index (χ3v) is 7.00. The van der Waals surface area contributed by atoms with Gasteiger partial charge in [0.05, 0.1) is 24.7 Å². The second-order valence-electron chi connectivity index (χ2n) is 7.19. The van der Waals surface area contributed by atoms with Gasteiger partial charge in [-0.05, 0) is 47.2 Å². The van der Waals surface area contributed by atoms with Gasteiger partial charge in [-0.25, -0.2) is 0 Å². The summed E-state index contributed by atoms with van der Waals surface area (Å²) in [6.07, 6.45) is 8.05. The van der Waals surface area contributed by atoms with Crippen molar-refractivity contribution in [2.45, 2.75) is 13.3 Å². The normalized spacial score (nSPS) is 27.2. The molecule has 2 fully saturated rings. The molecule has 3 aliphatic rings. The van der Waals surface area contributed by atoms with Crippen LogP contribution in [0.4, 0.5) is 0 Å². The number of amides is 2. The van der Waals surface area contributed by atoms with E-state index in [1.165, 1.54) is 6.21 Å². The van der Waals surface area contributed by atoms with E-state index < -0.39 is 0 Å². The smallest absolute Gasteiger partial charge is 0.254 e. The Labute approximate surface area is 182 Å². The van der Waals surface area contributed by atoms with E-state index in [2.05, 4.69) is 39.8 Å². The lowest BCUT2D eigenvalue weighted by atomic mass is 9.85. The number of benzene rings is 1. The highest BCUT2D eigenvalue weighted by Gasteiger charge is 2.59. The van der Waals surface area contributed by atoms with Crippen molar-refractivity contribution >= 4 is 45.6 Å². The molecule has 2 bridgehead atoms. The zero-order valence-corrected chi connectivity index (χ0v) is 18.1. The molecule has 0 unspecified atom stereocenters. The average Bonchev–Trinajstić information content (AvgIpc) is 3.38. The minimum absolute atomic E-state index is 0.147. The summed E-state index contributed by atoms with van der Waals surface area (Å²) in [5.41, 5.74) is 0.572. The summed E-state index contributed by atoms with van der Waals surface area (Å²) < 4.78 is 11.8. The van der Waals surface area contributed by atoms with Gasteiger partial charge in [0, 0.05) is 10.0 Å². The number of allylic oxidation sites excluding steroid dienone is 2. The first-order valence-electron chi connectivity index (χ1n) is 9.46. The van der Waals surface area contributed by atoms with Crippen LogP contribution < -0.4 is 9.47 Å². The van der Waals surface area contributed by atoms with Crippen LogP contribution in [0.5, 0.6) is 11.5 Å². The molecule has 2 aliphatic carbocycles. The molecule has 0 N–H and O–H groups in total. The zero-order valence-electron chi connectivity index (χ0n) is 15.8. The molecule has 0 spiro atoms. The molecule has 1 saturated carbocycles. The molecule has 4 atom stereocenters. The molecule has 6 nitrogen and oxygen atoms in total. The number of fused-ring (bicyclic) bond motifs is 5. The number of hydrazone groups is 1. The Balaban J connectivity index is 1.62. The summed E-state index contributed by atoms with van der Waals surface area (Å²) >= 11 is 9.89. The van der Waals surface area contributed by atoms with Crippen LogP contribution in [0.25, 0.3) is 0 Å². The van der Waals surface area contributed by atoms with Crippen LogP contribution in [0.15, 0.2) is 40.4 Å². The number of carbonyl (C=O) groups excluding carboxylic acids is 2. The second kappa shape index (κ2) is 7.95. The van der Waals surface area contributed by atoms with Crippen LogP contribution in [0.3, 0.4) is 0 Å². The molecular weight excluding hydrogens is 460 g/mol. The maximum Gasteiger partial charge on any atom is 0.254 e. The topological polar surface area (TPSA) is 68.2 Å². The first kappa shape index (κ1) is 20.2. The first-order chi connectivity index (χ1) is 14.0. The lowest BCUT2D eigenvalue weighted by molar-refractivity contribution is -0.140. The van der Waals surface area contributed by atoms with Crippen LogP contribution >= 0.6 is 27.5 Å². The van der Waals surface area contributed by atoms with Crippen molar-refractivity contribution in [3.05, 3.63) is 45.9 Å². The number of rotatable bonds is 7. The molecule has 1 aromatic carbocycles. The molecule has 0 radical (unpaired) electrons. The number of halogens is 2. The minimum Gasteiger partial charge on any atom is -0.490 e. The summed E-state index contributed by atoms with van der Waals surface area (Å²) in [5, 5.41) is 5.53. The van der Waals surface area contributed by atoms with Crippen LogP contribution in [0, 0.1) is 23.7 Å². The van der Waals surface area contributed by atoms with Crippen molar-refractivity contribution in [3.63, 3.8) is 0 Å². The van der Waals surface area contributed by atoms with Gasteiger partial charge in [0.15, 0.2) is 11.5 Å². The van der Waals surface area contributed by atoms with Crippen LogP contribution in [-0.2, 0) is 9.59 Å². The van der Waals surface area contributed by atoms with Gasteiger partial charge in [0.2, 0.25) is 0 Å². The fourth-order valence-corrected chi connectivity index (χ4v) is 5.01. The highest BCUT2D eigenvalue weighted by molar-refractivity contribution is 9.10. The van der Waals surface area contributed by atoms with E-state index in [0.717, 1.165) is 11.4 Å². The highest BCUT2D eigenvalue weighted by atomic mass is 79.9. The Hall–Kier alpha value is -2.12. The Morgan fingerprint density at radius 2 is 1.93 bits per heavy atom. The van der Waals surface area contributed by atoms with Gasteiger partial charge in [0.1, 0.15) is 11.6 Å². The van der Waals surface area contributed by atoms with E-state index in [-0.39, 0.29) is 42.1 Å². The van der Waals surface area contributed by atoms with Crippen molar-refractivity contribution in [1.29, 1.82) is 0 Å². The fourth-order valence-electron chi connectivity index (χ4n) is 4.36. The van der Waals surface area contributed by atoms with Gasteiger partial charge >= 0.3 is 0 Å². The Morgan fingerprint density at radius 3 is 2.52 bits per heavy atom. The third kappa shape index (κ3) is 3.30. The first-order valence-corrected chi connectivity index (χ1v) is 10.6. The van der Waals surface area contributed by atoms with Crippen LogP contribution in [0.2, 0.25) is 5.02 Å². The molecule has 1 aromatic rings. The summed E-state index contributed by atoms with van der Waals surface area (Å²) in [6, 6.07) is 1.71. The molecule has 8 heteroatoms. The van der Waals surface area contributed by atoms with Gasteiger partial charge < -0.3 is 9.47 Å². The predicted molar refractivity (Wildman–Crippen MR) is 113 cm³/mol. The van der Waals surface area contributed by atoms with E-state index in [1.54, 1.807) is 12.1 Å². The van der Waals surface area contributed by atoms with Crippen molar-refractivity contribution in [2.24, 2.45) is 28.8 Å². The number of imide groups is 1. The van der Waals surface area contributed by atoms with Crippen LogP contribution in [0.1, 0.15) is 18.9 Å². The largest absolute Gasteiger partial charge is 0.490 e. The molecule has 152 valence electrons. The molecular formula is C21H20BrClN2O4. The molecule has 1 aliphatic heterocycles. The summed E-state index contributed by atoms with van der Waals surface area (Å²) in [5.74, 6) is 0.107. The molecule has 0 aromatic heterocycles. The maximum absolute atomic E-state index is 12.8. The minimum atomic E-state index is -0.282. The number of hydrogen-bond donors (Lipinski definition) is 0. The van der Waals surface area contributed by atoms with E-state index in [9.17, 15) is 9.59 Å². The Kier molecular flexibility index (Phi) is 5.53. The molecule has 2 amide bonds. The van der Waals surface area contributed by atoms with E-state index >= 15 is 0 Å². The van der Waals surface area contributed by atoms with Crippen molar-refractivity contribution < 1.29 is 19.1 Å². The number of carbonyl (C=O) groups is 2. The molecule has 4 rings (SSSR count). The Morgan fingerprint density at radius 1 is 1.28 bits per heavy atom. The zero-order chi connectivity index (χ0) is 20.7. The molecule has 29 heavy (non-hydrogen) atoms. The number of hydrogen-bond acceptors (Lipinski definition) is 5. The summed E-state index contributed by atoms with van der Waals surface area (Å²) in [6.45, 7) is 6.17. The fraction of sp³-hybridized carbons (Fsp3) is 0.381. The lowest BCUT2D eigenvalue weighted by Gasteiger charge is -2.15. The van der Waals surface area contributed by atoms with Crippen molar-refractivity contribution in [3.8, 4) is 11.5 Å². The summed E-state index contributed by atoms with van der Waals surface area (Å²) in [4.78, 5) is 25.5.